The van der Waals surface area contributed by atoms with Crippen molar-refractivity contribution in [3.05, 3.63) is 127 Å². The topological polar surface area (TPSA) is 66.7 Å². The van der Waals surface area contributed by atoms with Gasteiger partial charge < -0.3 is 10.2 Å². The van der Waals surface area contributed by atoms with Gasteiger partial charge >= 0.3 is 0 Å². The molecule has 7 heteroatoms. The lowest BCUT2D eigenvalue weighted by atomic mass is 9.93. The van der Waals surface area contributed by atoms with Crippen LogP contribution in [-0.4, -0.2) is 23.6 Å². The van der Waals surface area contributed by atoms with E-state index < -0.39 is 6.04 Å². The fraction of sp³-hybridized carbons (Fsp3) is 0.286. The van der Waals surface area contributed by atoms with E-state index in [1.807, 2.05) is 55.5 Å². The minimum absolute atomic E-state index is 0.144. The number of thiazole rings is 1. The molecule has 0 bridgehead atoms. The molecule has 6 rings (SSSR count). The van der Waals surface area contributed by atoms with Crippen LogP contribution in [0, 0.1) is 0 Å². The average molecular weight is 577 g/mol. The predicted molar refractivity (Wildman–Crippen MR) is 172 cm³/mol. The molecule has 1 saturated heterocycles. The number of para-hydroxylation sites is 1. The largest absolute Gasteiger partial charge is 0.372 e. The van der Waals surface area contributed by atoms with E-state index in [-0.39, 0.29) is 11.5 Å². The highest BCUT2D eigenvalue weighted by Crippen LogP contribution is 2.31. The van der Waals surface area contributed by atoms with E-state index >= 15 is 0 Å². The third-order valence-electron chi connectivity index (χ3n) is 8.13. The second kappa shape index (κ2) is 11.9. The maximum atomic E-state index is 14.0. The Balaban J connectivity index is 1.41. The standard InChI is InChI=1S/C35H36N4O2S/c1-23(2)26-14-16-27(17-15-26)32-31(33(40)37-28-10-6-4-7-11-28)24(3)36-35-39(32)34(41)30(42-35)22-25-12-18-29(19-13-25)38-20-8-5-9-21-38/h4,6-7,10-19,22-23,32H,5,8-9,20-21H2,1-3H3,(H,37,40)/b30-22+/t32-/m0/s1. The van der Waals surface area contributed by atoms with Gasteiger partial charge in [0, 0.05) is 24.5 Å². The number of aromatic nitrogens is 1. The average Bonchev–Trinajstić information content (AvgIpc) is 3.31. The van der Waals surface area contributed by atoms with Gasteiger partial charge in [0.2, 0.25) is 0 Å². The van der Waals surface area contributed by atoms with E-state index in [0.29, 0.717) is 32.2 Å². The first-order chi connectivity index (χ1) is 20.4. The molecule has 1 atom stereocenters. The van der Waals surface area contributed by atoms with Crippen LogP contribution in [0.5, 0.6) is 0 Å². The molecule has 0 radical (unpaired) electrons. The molecule has 0 aliphatic carbocycles. The summed E-state index contributed by atoms with van der Waals surface area (Å²) in [4.78, 5) is 35.6. The summed E-state index contributed by atoms with van der Waals surface area (Å²) in [5.74, 6) is 0.114. The molecular weight excluding hydrogens is 540 g/mol. The van der Waals surface area contributed by atoms with Crippen LogP contribution in [0.15, 0.2) is 99.9 Å². The van der Waals surface area contributed by atoms with Gasteiger partial charge in [-0.3, -0.25) is 14.2 Å². The van der Waals surface area contributed by atoms with Crippen molar-refractivity contribution >= 4 is 34.7 Å². The van der Waals surface area contributed by atoms with Crippen LogP contribution in [0.4, 0.5) is 11.4 Å². The van der Waals surface area contributed by atoms with Crippen LogP contribution in [0.25, 0.3) is 6.08 Å². The summed E-state index contributed by atoms with van der Waals surface area (Å²) in [6.07, 6.45) is 5.70. The first-order valence-electron chi connectivity index (χ1n) is 14.7. The number of piperidine rings is 1. The van der Waals surface area contributed by atoms with Gasteiger partial charge in [0.05, 0.1) is 21.8 Å². The zero-order valence-electron chi connectivity index (χ0n) is 24.3. The zero-order chi connectivity index (χ0) is 29.2. The number of hydrogen-bond donors (Lipinski definition) is 1. The van der Waals surface area contributed by atoms with Gasteiger partial charge in [-0.25, -0.2) is 4.99 Å². The van der Waals surface area contributed by atoms with Crippen LogP contribution in [0.2, 0.25) is 0 Å². The first kappa shape index (κ1) is 27.9. The number of hydrogen-bond acceptors (Lipinski definition) is 5. The third-order valence-corrected chi connectivity index (χ3v) is 9.11. The summed E-state index contributed by atoms with van der Waals surface area (Å²) in [5, 5.41) is 3.02. The van der Waals surface area contributed by atoms with Gasteiger partial charge in [0.1, 0.15) is 0 Å². The number of benzene rings is 3. The van der Waals surface area contributed by atoms with Crippen LogP contribution >= 0.6 is 11.3 Å². The summed E-state index contributed by atoms with van der Waals surface area (Å²) < 4.78 is 2.29. The van der Waals surface area contributed by atoms with Crippen molar-refractivity contribution in [1.82, 2.24) is 4.57 Å². The maximum absolute atomic E-state index is 14.0. The van der Waals surface area contributed by atoms with Crippen LogP contribution < -0.4 is 25.1 Å². The van der Waals surface area contributed by atoms with Crippen molar-refractivity contribution in [2.75, 3.05) is 23.3 Å². The van der Waals surface area contributed by atoms with Gasteiger partial charge in [-0.05, 0) is 79.1 Å². The molecule has 6 nitrogen and oxygen atoms in total. The minimum Gasteiger partial charge on any atom is -0.372 e. The molecular formula is C35H36N4O2S. The molecule has 3 aromatic carbocycles. The predicted octanol–water partition coefficient (Wildman–Crippen LogP) is 5.99. The number of allylic oxidation sites excluding steroid dienone is 1. The highest BCUT2D eigenvalue weighted by Gasteiger charge is 2.32. The Morgan fingerprint density at radius 3 is 2.31 bits per heavy atom. The highest BCUT2D eigenvalue weighted by molar-refractivity contribution is 7.07. The smallest absolute Gasteiger partial charge is 0.271 e. The number of amides is 1. The van der Waals surface area contributed by atoms with E-state index in [0.717, 1.165) is 24.2 Å². The normalized spacial score (nSPS) is 17.3. The molecule has 2 aliphatic heterocycles. The van der Waals surface area contributed by atoms with E-state index in [1.165, 1.54) is 41.9 Å². The lowest BCUT2D eigenvalue weighted by Gasteiger charge is -2.28. The number of anilines is 2. The number of nitrogens with one attached hydrogen (secondary N) is 1. The lowest BCUT2D eigenvalue weighted by Crippen LogP contribution is -2.40. The summed E-state index contributed by atoms with van der Waals surface area (Å²) in [6.45, 7) is 8.34. The summed E-state index contributed by atoms with van der Waals surface area (Å²) >= 11 is 1.37. The Morgan fingerprint density at radius 1 is 0.952 bits per heavy atom. The van der Waals surface area contributed by atoms with Crippen molar-refractivity contribution in [3.63, 3.8) is 0 Å². The maximum Gasteiger partial charge on any atom is 0.271 e. The molecule has 1 N–H and O–H groups in total. The molecule has 0 saturated carbocycles. The quantitative estimate of drug-likeness (QED) is 0.307. The van der Waals surface area contributed by atoms with Gasteiger partial charge in [0.25, 0.3) is 11.5 Å². The summed E-state index contributed by atoms with van der Waals surface area (Å²) in [7, 11) is 0. The van der Waals surface area contributed by atoms with Gasteiger partial charge in [-0.2, -0.15) is 0 Å². The first-order valence-corrected chi connectivity index (χ1v) is 15.5. The Hall–Kier alpha value is -4.23. The Labute approximate surface area is 250 Å². The van der Waals surface area contributed by atoms with E-state index in [1.54, 1.807) is 4.57 Å². The number of carbonyl (C=O) groups is 1. The Bertz CT molecular complexity index is 1790. The van der Waals surface area contributed by atoms with Crippen molar-refractivity contribution in [2.24, 2.45) is 4.99 Å². The molecule has 214 valence electrons. The highest BCUT2D eigenvalue weighted by atomic mass is 32.1. The van der Waals surface area contributed by atoms with E-state index in [9.17, 15) is 9.59 Å². The van der Waals surface area contributed by atoms with Crippen molar-refractivity contribution in [1.29, 1.82) is 0 Å². The second-order valence-electron chi connectivity index (χ2n) is 11.4. The number of fused-ring (bicyclic) bond motifs is 1. The molecule has 42 heavy (non-hydrogen) atoms. The number of carbonyl (C=O) groups excluding carboxylic acids is 1. The molecule has 2 aliphatic rings. The van der Waals surface area contributed by atoms with E-state index in [4.69, 9.17) is 4.99 Å². The summed E-state index contributed by atoms with van der Waals surface area (Å²) in [6, 6.07) is 25.5. The summed E-state index contributed by atoms with van der Waals surface area (Å²) in [5.41, 5.74) is 5.91. The third kappa shape index (κ3) is 5.61. The molecule has 1 amide bonds. The van der Waals surface area contributed by atoms with Crippen molar-refractivity contribution in [3.8, 4) is 0 Å². The Kier molecular flexibility index (Phi) is 7.94. The van der Waals surface area contributed by atoms with Crippen molar-refractivity contribution < 1.29 is 4.79 Å². The van der Waals surface area contributed by atoms with Crippen molar-refractivity contribution in [2.45, 2.75) is 52.0 Å². The van der Waals surface area contributed by atoms with Gasteiger partial charge in [0.15, 0.2) is 4.80 Å². The lowest BCUT2D eigenvalue weighted by molar-refractivity contribution is -0.113. The molecule has 1 fully saturated rings. The van der Waals surface area contributed by atoms with E-state index in [2.05, 4.69) is 60.5 Å². The van der Waals surface area contributed by atoms with Gasteiger partial charge in [-0.1, -0.05) is 79.8 Å². The fourth-order valence-corrected chi connectivity index (χ4v) is 6.84. The fourth-order valence-electron chi connectivity index (χ4n) is 5.80. The molecule has 0 spiro atoms. The molecule has 0 unspecified atom stereocenters. The van der Waals surface area contributed by atoms with Crippen LogP contribution in [0.1, 0.15) is 68.7 Å². The zero-order valence-corrected chi connectivity index (χ0v) is 25.2. The SMILES string of the molecule is CC1=C(C(=O)Nc2ccccc2)[C@H](c2ccc(C(C)C)cc2)n2c(s/c(=C/c3ccc(N4CCCCC4)cc3)c2=O)=N1. The number of nitrogens with zero attached hydrogens (tertiary/aromatic N) is 3. The second-order valence-corrected chi connectivity index (χ2v) is 12.4. The minimum atomic E-state index is -0.588. The Morgan fingerprint density at radius 2 is 1.64 bits per heavy atom. The molecule has 4 aromatic rings. The van der Waals surface area contributed by atoms with Gasteiger partial charge in [-0.15, -0.1) is 0 Å². The van der Waals surface area contributed by atoms with Crippen LogP contribution in [-0.2, 0) is 4.79 Å². The number of rotatable bonds is 6. The van der Waals surface area contributed by atoms with Crippen LogP contribution in [0.3, 0.4) is 0 Å². The monoisotopic (exact) mass is 576 g/mol. The molecule has 3 heterocycles. The molecule has 1 aromatic heterocycles.